The molecule has 2 amide bonds. The van der Waals surface area contributed by atoms with E-state index in [9.17, 15) is 18.0 Å². The number of benzene rings is 4. The van der Waals surface area contributed by atoms with Crippen molar-refractivity contribution in [2.75, 3.05) is 4.72 Å². The minimum atomic E-state index is -3.97. The summed E-state index contributed by atoms with van der Waals surface area (Å²) in [5.74, 6) is -1.10. The van der Waals surface area contributed by atoms with E-state index in [4.69, 9.17) is 0 Å². The van der Waals surface area contributed by atoms with E-state index < -0.39 is 21.8 Å². The summed E-state index contributed by atoms with van der Waals surface area (Å²) < 4.78 is 28.9. The summed E-state index contributed by atoms with van der Waals surface area (Å²) in [7, 11) is -3.97. The molecule has 1 heterocycles. The van der Waals surface area contributed by atoms with Crippen LogP contribution in [0.15, 0.2) is 77.7 Å². The molecule has 142 valence electrons. The third kappa shape index (κ3) is 2.75. The minimum Gasteiger partial charge on any atom is -0.288 e. The standard InChI is InChI=1S/C22H14N2O4S/c25-21-17-9-3-7-14-11-15(12-18(20(14)17)22(26)23-21)29(27,28)24-19-10-4-6-13-5-1-2-8-16(13)19/h1-12,24H,(H,23,25,26). The van der Waals surface area contributed by atoms with Gasteiger partial charge in [0.05, 0.1) is 10.6 Å². The Bertz CT molecular complexity index is 1450. The topological polar surface area (TPSA) is 92.3 Å². The molecule has 6 nitrogen and oxygen atoms in total. The molecule has 29 heavy (non-hydrogen) atoms. The number of imide groups is 1. The summed E-state index contributed by atoms with van der Waals surface area (Å²) in [4.78, 5) is 24.4. The molecular formula is C22H14N2O4S. The lowest BCUT2D eigenvalue weighted by molar-refractivity contribution is 0.0845. The fraction of sp³-hybridized carbons (Fsp3) is 0. The average molecular weight is 402 g/mol. The molecule has 7 heteroatoms. The maximum Gasteiger partial charge on any atom is 0.261 e. The lowest BCUT2D eigenvalue weighted by atomic mass is 9.95. The quantitative estimate of drug-likeness (QED) is 0.512. The Morgan fingerprint density at radius 1 is 0.724 bits per heavy atom. The summed E-state index contributed by atoms with van der Waals surface area (Å²) in [6, 6.07) is 20.5. The Balaban J connectivity index is 1.67. The summed E-state index contributed by atoms with van der Waals surface area (Å²) in [6.07, 6.45) is 0. The molecule has 0 aromatic heterocycles. The van der Waals surface area contributed by atoms with Crippen molar-refractivity contribution in [2.24, 2.45) is 0 Å². The molecule has 4 aromatic carbocycles. The molecule has 4 aromatic rings. The minimum absolute atomic E-state index is 0.0467. The highest BCUT2D eigenvalue weighted by Crippen LogP contribution is 2.31. The third-order valence-electron chi connectivity index (χ3n) is 5.01. The van der Waals surface area contributed by atoms with E-state index in [-0.39, 0.29) is 10.5 Å². The van der Waals surface area contributed by atoms with Gasteiger partial charge in [-0.25, -0.2) is 8.42 Å². The van der Waals surface area contributed by atoms with Gasteiger partial charge in [0.1, 0.15) is 0 Å². The van der Waals surface area contributed by atoms with Gasteiger partial charge in [-0.1, -0.05) is 48.5 Å². The Labute approximate surface area is 166 Å². The van der Waals surface area contributed by atoms with Crippen molar-refractivity contribution in [1.82, 2.24) is 5.32 Å². The predicted molar refractivity (Wildman–Crippen MR) is 111 cm³/mol. The van der Waals surface area contributed by atoms with Gasteiger partial charge in [0.25, 0.3) is 21.8 Å². The van der Waals surface area contributed by atoms with Crippen LogP contribution in [-0.2, 0) is 10.0 Å². The van der Waals surface area contributed by atoms with Gasteiger partial charge in [0.15, 0.2) is 0 Å². The second-order valence-electron chi connectivity index (χ2n) is 6.79. The van der Waals surface area contributed by atoms with Crippen molar-refractivity contribution in [3.63, 3.8) is 0 Å². The maximum absolute atomic E-state index is 13.1. The van der Waals surface area contributed by atoms with Gasteiger partial charge in [-0.15, -0.1) is 0 Å². The smallest absolute Gasteiger partial charge is 0.261 e. The fourth-order valence-electron chi connectivity index (χ4n) is 3.68. The predicted octanol–water partition coefficient (Wildman–Crippen LogP) is 3.68. The molecule has 0 radical (unpaired) electrons. The van der Waals surface area contributed by atoms with Crippen LogP contribution >= 0.6 is 0 Å². The van der Waals surface area contributed by atoms with Gasteiger partial charge in [-0.05, 0) is 35.0 Å². The Kier molecular flexibility index (Phi) is 3.69. The zero-order valence-electron chi connectivity index (χ0n) is 15.0. The Morgan fingerprint density at radius 2 is 1.41 bits per heavy atom. The van der Waals surface area contributed by atoms with Crippen LogP contribution in [0.1, 0.15) is 20.7 Å². The van der Waals surface area contributed by atoms with Crippen LogP contribution in [0.3, 0.4) is 0 Å². The molecule has 1 aliphatic rings. The van der Waals surface area contributed by atoms with E-state index in [1.165, 1.54) is 12.1 Å². The molecule has 0 spiro atoms. The maximum atomic E-state index is 13.1. The SMILES string of the molecule is O=C1NC(=O)c2cc(S(=O)(=O)Nc3cccc4ccccc34)cc3cccc1c23. The number of rotatable bonds is 3. The van der Waals surface area contributed by atoms with Gasteiger partial charge < -0.3 is 0 Å². The second kappa shape index (κ2) is 6.15. The number of nitrogens with one attached hydrogen (secondary N) is 2. The molecule has 1 aliphatic heterocycles. The number of anilines is 1. The highest BCUT2D eigenvalue weighted by molar-refractivity contribution is 7.92. The first-order chi connectivity index (χ1) is 13.9. The van der Waals surface area contributed by atoms with E-state index in [2.05, 4.69) is 10.0 Å². The van der Waals surface area contributed by atoms with Crippen molar-refractivity contribution in [1.29, 1.82) is 0 Å². The average Bonchev–Trinajstić information content (AvgIpc) is 2.71. The van der Waals surface area contributed by atoms with E-state index in [0.29, 0.717) is 22.0 Å². The number of hydrogen-bond donors (Lipinski definition) is 2. The van der Waals surface area contributed by atoms with Gasteiger partial charge in [0, 0.05) is 21.9 Å². The normalized spacial score (nSPS) is 13.5. The summed E-state index contributed by atoms with van der Waals surface area (Å²) in [5.41, 5.74) is 0.962. The van der Waals surface area contributed by atoms with Gasteiger partial charge in [0.2, 0.25) is 0 Å². The molecule has 0 saturated carbocycles. The molecule has 0 unspecified atom stereocenters. The van der Waals surface area contributed by atoms with Crippen LogP contribution in [0, 0.1) is 0 Å². The van der Waals surface area contributed by atoms with Gasteiger partial charge in [-0.3, -0.25) is 19.6 Å². The van der Waals surface area contributed by atoms with Crippen molar-refractivity contribution in [3.8, 4) is 0 Å². The van der Waals surface area contributed by atoms with Crippen molar-refractivity contribution >= 4 is 49.1 Å². The number of hydrogen-bond acceptors (Lipinski definition) is 4. The van der Waals surface area contributed by atoms with Crippen LogP contribution in [0.2, 0.25) is 0 Å². The molecular weight excluding hydrogens is 388 g/mol. The zero-order valence-corrected chi connectivity index (χ0v) is 15.8. The summed E-state index contributed by atoms with van der Waals surface area (Å²) >= 11 is 0. The Hall–Kier alpha value is -3.71. The van der Waals surface area contributed by atoms with Crippen LogP contribution < -0.4 is 10.0 Å². The van der Waals surface area contributed by atoms with E-state index in [1.807, 2.05) is 30.3 Å². The van der Waals surface area contributed by atoms with Crippen LogP contribution in [0.25, 0.3) is 21.5 Å². The highest BCUT2D eigenvalue weighted by Gasteiger charge is 2.27. The number of carbonyl (C=O) groups is 2. The van der Waals surface area contributed by atoms with Crippen LogP contribution in [0.5, 0.6) is 0 Å². The van der Waals surface area contributed by atoms with Crippen molar-refractivity contribution < 1.29 is 18.0 Å². The zero-order chi connectivity index (χ0) is 20.2. The van der Waals surface area contributed by atoms with Gasteiger partial charge >= 0.3 is 0 Å². The third-order valence-corrected chi connectivity index (χ3v) is 6.36. The van der Waals surface area contributed by atoms with Crippen LogP contribution in [0.4, 0.5) is 5.69 Å². The molecule has 0 aliphatic carbocycles. The number of carbonyl (C=O) groups excluding carboxylic acids is 2. The van der Waals surface area contributed by atoms with Gasteiger partial charge in [-0.2, -0.15) is 0 Å². The lowest BCUT2D eigenvalue weighted by Crippen LogP contribution is -2.34. The largest absolute Gasteiger partial charge is 0.288 e. The Morgan fingerprint density at radius 3 is 2.28 bits per heavy atom. The number of sulfonamides is 1. The summed E-state index contributed by atoms with van der Waals surface area (Å²) in [6.45, 7) is 0. The van der Waals surface area contributed by atoms with E-state index in [1.54, 1.807) is 30.3 Å². The molecule has 0 atom stereocenters. The van der Waals surface area contributed by atoms with E-state index in [0.717, 1.165) is 10.8 Å². The summed E-state index contributed by atoms with van der Waals surface area (Å²) in [5, 5.41) is 4.91. The molecule has 0 bridgehead atoms. The van der Waals surface area contributed by atoms with Crippen molar-refractivity contribution in [3.05, 3.63) is 83.9 Å². The first-order valence-electron chi connectivity index (χ1n) is 8.87. The van der Waals surface area contributed by atoms with Crippen LogP contribution in [-0.4, -0.2) is 20.2 Å². The molecule has 0 saturated heterocycles. The molecule has 2 N–H and O–H groups in total. The molecule has 0 fully saturated rings. The number of fused-ring (bicyclic) bond motifs is 1. The van der Waals surface area contributed by atoms with E-state index >= 15 is 0 Å². The lowest BCUT2D eigenvalue weighted by Gasteiger charge is -2.18. The van der Waals surface area contributed by atoms with Crippen molar-refractivity contribution in [2.45, 2.75) is 4.90 Å². The first-order valence-corrected chi connectivity index (χ1v) is 10.4. The fourth-order valence-corrected chi connectivity index (χ4v) is 4.82. The highest BCUT2D eigenvalue weighted by atomic mass is 32.2. The monoisotopic (exact) mass is 402 g/mol. The molecule has 5 rings (SSSR count). The second-order valence-corrected chi connectivity index (χ2v) is 8.47. The first kappa shape index (κ1) is 17.4. The number of amides is 2.